The van der Waals surface area contributed by atoms with Crippen LogP contribution in [0.3, 0.4) is 0 Å². The van der Waals surface area contributed by atoms with Crippen molar-refractivity contribution in [2.24, 2.45) is 0 Å². The highest BCUT2D eigenvalue weighted by atomic mass is 127. The molecule has 1 N–H and O–H groups in total. The summed E-state index contributed by atoms with van der Waals surface area (Å²) < 4.78 is 10.8. The minimum Gasteiger partial charge on any atom is -0.463 e. The van der Waals surface area contributed by atoms with Crippen LogP contribution >= 0.6 is 22.6 Å². The van der Waals surface area contributed by atoms with Crippen molar-refractivity contribution in [2.75, 3.05) is 6.61 Å². The molecule has 0 aliphatic carbocycles. The van der Waals surface area contributed by atoms with E-state index in [0.717, 1.165) is 0 Å². The molecular formula is C15H14INO5. The molecular weight excluding hydrogens is 401 g/mol. The second kappa shape index (κ2) is 7.50. The standard InChI is InChI=1S/C15H14INO5/c1-9(18)21-8-11-7-12(16)13(19)15(22-11)17-14(20)10-5-3-2-4-6-10/h2-7,11,15H,8H2,1H3,(H,17,20)/t11-,15+/m0/s1. The molecule has 2 atom stereocenters. The van der Waals surface area contributed by atoms with Crippen molar-refractivity contribution in [1.82, 2.24) is 5.32 Å². The Labute approximate surface area is 141 Å². The molecule has 1 amide bonds. The fourth-order valence-electron chi connectivity index (χ4n) is 1.82. The van der Waals surface area contributed by atoms with Crippen molar-refractivity contribution in [3.8, 4) is 0 Å². The maximum absolute atomic E-state index is 12.1. The number of rotatable bonds is 4. The van der Waals surface area contributed by atoms with E-state index in [4.69, 9.17) is 9.47 Å². The lowest BCUT2D eigenvalue weighted by Crippen LogP contribution is -2.47. The molecule has 0 unspecified atom stereocenters. The SMILES string of the molecule is CC(=O)OC[C@@H]1C=C(I)C(=O)[C@H](NC(=O)c2ccccc2)O1. The first kappa shape index (κ1) is 16.6. The third kappa shape index (κ3) is 4.38. The molecule has 1 heterocycles. The molecule has 116 valence electrons. The quantitative estimate of drug-likeness (QED) is 0.597. The van der Waals surface area contributed by atoms with Gasteiger partial charge in [-0.3, -0.25) is 14.4 Å². The zero-order valence-corrected chi connectivity index (χ0v) is 13.9. The number of halogens is 1. The first-order valence-corrected chi connectivity index (χ1v) is 7.61. The fraction of sp³-hybridized carbons (Fsp3) is 0.267. The number of hydrogen-bond acceptors (Lipinski definition) is 5. The Hall–Kier alpha value is -1.74. The number of amides is 1. The Balaban J connectivity index is 2.04. The first-order chi connectivity index (χ1) is 10.5. The number of ketones is 1. The summed E-state index contributed by atoms with van der Waals surface area (Å²) in [5.41, 5.74) is 0.431. The fourth-order valence-corrected chi connectivity index (χ4v) is 2.51. The maximum Gasteiger partial charge on any atom is 0.302 e. The van der Waals surface area contributed by atoms with Gasteiger partial charge in [0.2, 0.25) is 5.78 Å². The molecule has 1 aromatic carbocycles. The van der Waals surface area contributed by atoms with Crippen molar-refractivity contribution in [3.05, 3.63) is 45.6 Å². The van der Waals surface area contributed by atoms with Crippen LogP contribution in [0.15, 0.2) is 40.0 Å². The Morgan fingerprint density at radius 3 is 2.64 bits per heavy atom. The molecule has 2 rings (SSSR count). The van der Waals surface area contributed by atoms with Gasteiger partial charge in [0.05, 0.1) is 3.58 Å². The third-order valence-electron chi connectivity index (χ3n) is 2.87. The lowest BCUT2D eigenvalue weighted by molar-refractivity contribution is -0.148. The summed E-state index contributed by atoms with van der Waals surface area (Å²) in [6.07, 6.45) is -0.100. The number of benzene rings is 1. The Bertz CT molecular complexity index is 614. The van der Waals surface area contributed by atoms with Crippen molar-refractivity contribution >= 4 is 40.3 Å². The Morgan fingerprint density at radius 1 is 1.32 bits per heavy atom. The van der Waals surface area contributed by atoms with E-state index >= 15 is 0 Å². The van der Waals surface area contributed by atoms with Gasteiger partial charge in [0.25, 0.3) is 5.91 Å². The van der Waals surface area contributed by atoms with Crippen LogP contribution in [-0.4, -0.2) is 36.6 Å². The van der Waals surface area contributed by atoms with Crippen LogP contribution < -0.4 is 5.32 Å². The van der Waals surface area contributed by atoms with Gasteiger partial charge in [0, 0.05) is 12.5 Å². The smallest absolute Gasteiger partial charge is 0.302 e. The van der Waals surface area contributed by atoms with Gasteiger partial charge in [-0.15, -0.1) is 0 Å². The van der Waals surface area contributed by atoms with Crippen molar-refractivity contribution in [1.29, 1.82) is 0 Å². The van der Waals surface area contributed by atoms with Crippen LogP contribution in [0.1, 0.15) is 17.3 Å². The van der Waals surface area contributed by atoms with E-state index < -0.39 is 24.2 Å². The Kier molecular flexibility index (Phi) is 5.67. The van der Waals surface area contributed by atoms with Crippen LogP contribution in [-0.2, 0) is 19.1 Å². The van der Waals surface area contributed by atoms with E-state index in [1.54, 1.807) is 36.4 Å². The van der Waals surface area contributed by atoms with Crippen molar-refractivity contribution in [3.63, 3.8) is 0 Å². The van der Waals surface area contributed by atoms with Crippen LogP contribution in [0.25, 0.3) is 0 Å². The minimum absolute atomic E-state index is 0.00712. The summed E-state index contributed by atoms with van der Waals surface area (Å²) in [4.78, 5) is 35.0. The number of ether oxygens (including phenoxy) is 2. The highest BCUT2D eigenvalue weighted by Crippen LogP contribution is 2.20. The summed E-state index contributed by atoms with van der Waals surface area (Å²) in [6, 6.07) is 8.52. The number of hydrogen-bond donors (Lipinski definition) is 1. The van der Waals surface area contributed by atoms with Crippen LogP contribution in [0, 0.1) is 0 Å². The van der Waals surface area contributed by atoms with Crippen LogP contribution in [0.4, 0.5) is 0 Å². The first-order valence-electron chi connectivity index (χ1n) is 6.53. The van der Waals surface area contributed by atoms with Gasteiger partial charge in [-0.1, -0.05) is 18.2 Å². The molecule has 1 aliphatic rings. The maximum atomic E-state index is 12.1. The van der Waals surface area contributed by atoms with Crippen molar-refractivity contribution < 1.29 is 23.9 Å². The molecule has 0 spiro atoms. The summed E-state index contributed by atoms with van der Waals surface area (Å²) in [6.45, 7) is 1.28. The number of carbonyl (C=O) groups excluding carboxylic acids is 3. The molecule has 0 fully saturated rings. The predicted octanol–water partition coefficient (Wildman–Crippen LogP) is 1.59. The van der Waals surface area contributed by atoms with Gasteiger partial charge >= 0.3 is 5.97 Å². The molecule has 1 aliphatic heterocycles. The minimum atomic E-state index is -1.09. The van der Waals surface area contributed by atoms with Crippen molar-refractivity contribution in [2.45, 2.75) is 19.3 Å². The average Bonchev–Trinajstić information content (AvgIpc) is 2.50. The predicted molar refractivity (Wildman–Crippen MR) is 86.3 cm³/mol. The highest BCUT2D eigenvalue weighted by Gasteiger charge is 2.31. The van der Waals surface area contributed by atoms with E-state index in [1.807, 2.05) is 22.6 Å². The number of Topliss-reactive ketones (excluding diaryl/α,β-unsaturated/α-hetero) is 1. The van der Waals surface area contributed by atoms with E-state index in [0.29, 0.717) is 9.14 Å². The molecule has 0 bridgehead atoms. The molecule has 6 nitrogen and oxygen atoms in total. The summed E-state index contributed by atoms with van der Waals surface area (Å²) >= 11 is 1.87. The molecule has 7 heteroatoms. The molecule has 22 heavy (non-hydrogen) atoms. The van der Waals surface area contributed by atoms with Gasteiger partial charge in [0.15, 0.2) is 6.23 Å². The van der Waals surface area contributed by atoms with Crippen LogP contribution in [0.5, 0.6) is 0 Å². The molecule has 0 saturated carbocycles. The van der Waals surface area contributed by atoms with E-state index in [9.17, 15) is 14.4 Å². The van der Waals surface area contributed by atoms with Gasteiger partial charge in [0.1, 0.15) is 12.7 Å². The topological polar surface area (TPSA) is 81.7 Å². The highest BCUT2D eigenvalue weighted by molar-refractivity contribution is 14.1. The van der Waals surface area contributed by atoms with Gasteiger partial charge in [-0.25, -0.2) is 0 Å². The zero-order chi connectivity index (χ0) is 16.1. The number of esters is 1. The zero-order valence-electron chi connectivity index (χ0n) is 11.7. The van der Waals surface area contributed by atoms with E-state index in [1.165, 1.54) is 6.92 Å². The van der Waals surface area contributed by atoms with E-state index in [2.05, 4.69) is 5.32 Å². The van der Waals surface area contributed by atoms with Gasteiger partial charge in [-0.2, -0.15) is 0 Å². The van der Waals surface area contributed by atoms with Crippen LogP contribution in [0.2, 0.25) is 0 Å². The largest absolute Gasteiger partial charge is 0.463 e. The molecule has 0 saturated heterocycles. The average molecular weight is 415 g/mol. The number of nitrogens with one attached hydrogen (secondary N) is 1. The molecule has 0 aromatic heterocycles. The second-order valence-corrected chi connectivity index (χ2v) is 5.74. The molecule has 1 aromatic rings. The second-order valence-electron chi connectivity index (χ2n) is 4.58. The summed E-state index contributed by atoms with van der Waals surface area (Å²) in [5, 5.41) is 2.54. The summed E-state index contributed by atoms with van der Waals surface area (Å²) in [7, 11) is 0. The lowest BCUT2D eigenvalue weighted by atomic mass is 10.1. The Morgan fingerprint density at radius 2 is 2.00 bits per heavy atom. The monoisotopic (exact) mass is 415 g/mol. The summed E-state index contributed by atoms with van der Waals surface area (Å²) in [5.74, 6) is -1.17. The van der Waals surface area contributed by atoms with Gasteiger partial charge < -0.3 is 14.8 Å². The normalized spacial score (nSPS) is 21.0. The van der Waals surface area contributed by atoms with E-state index in [-0.39, 0.29) is 12.4 Å². The molecule has 0 radical (unpaired) electrons. The van der Waals surface area contributed by atoms with Gasteiger partial charge in [-0.05, 0) is 40.8 Å². The lowest BCUT2D eigenvalue weighted by Gasteiger charge is -2.26. The third-order valence-corrected chi connectivity index (χ3v) is 3.76. The number of carbonyl (C=O) groups is 3.